The van der Waals surface area contributed by atoms with Gasteiger partial charge in [-0.1, -0.05) is 30.3 Å². The first-order chi connectivity index (χ1) is 9.66. The summed E-state index contributed by atoms with van der Waals surface area (Å²) in [6, 6.07) is 10.6. The summed E-state index contributed by atoms with van der Waals surface area (Å²) in [5, 5.41) is 3.39. The first-order valence-electron chi connectivity index (χ1n) is 7.40. The van der Waals surface area contributed by atoms with E-state index in [9.17, 15) is 8.42 Å². The van der Waals surface area contributed by atoms with Gasteiger partial charge in [0.25, 0.3) is 0 Å². The molecule has 1 aliphatic carbocycles. The molecule has 1 aromatic rings. The molecule has 2 N–H and O–H groups in total. The van der Waals surface area contributed by atoms with Gasteiger partial charge in [0, 0.05) is 12.6 Å². The van der Waals surface area contributed by atoms with Gasteiger partial charge < -0.3 is 5.32 Å². The number of rotatable bonds is 10. The molecule has 2 rings (SSSR count). The van der Waals surface area contributed by atoms with Crippen molar-refractivity contribution >= 4 is 10.0 Å². The number of hydrogen-bond acceptors (Lipinski definition) is 3. The summed E-state index contributed by atoms with van der Waals surface area (Å²) in [7, 11) is -3.11. The van der Waals surface area contributed by atoms with E-state index in [1.807, 2.05) is 30.3 Å². The van der Waals surface area contributed by atoms with Gasteiger partial charge in [-0.25, -0.2) is 13.1 Å². The van der Waals surface area contributed by atoms with Gasteiger partial charge >= 0.3 is 0 Å². The molecule has 20 heavy (non-hydrogen) atoms. The van der Waals surface area contributed by atoms with Crippen LogP contribution in [0.3, 0.4) is 0 Å². The van der Waals surface area contributed by atoms with Crippen molar-refractivity contribution in [2.75, 3.05) is 18.8 Å². The van der Waals surface area contributed by atoms with Crippen molar-refractivity contribution in [1.82, 2.24) is 10.0 Å². The van der Waals surface area contributed by atoms with Crippen LogP contribution >= 0.6 is 0 Å². The summed E-state index contributed by atoms with van der Waals surface area (Å²) in [5.74, 6) is 0.230. The fourth-order valence-corrected chi connectivity index (χ4v) is 3.22. The minimum atomic E-state index is -3.11. The maximum Gasteiger partial charge on any atom is 0.211 e. The molecule has 0 spiro atoms. The lowest BCUT2D eigenvalue weighted by Crippen LogP contribution is -2.29. The average Bonchev–Trinajstić information content (AvgIpc) is 3.23. The zero-order chi connectivity index (χ0) is 14.3. The summed E-state index contributed by atoms with van der Waals surface area (Å²) < 4.78 is 26.3. The van der Waals surface area contributed by atoms with E-state index in [0.29, 0.717) is 12.6 Å². The lowest BCUT2D eigenvalue weighted by atomic mass is 10.2. The molecule has 0 aliphatic heterocycles. The van der Waals surface area contributed by atoms with Crippen molar-refractivity contribution in [3.63, 3.8) is 0 Å². The maximum absolute atomic E-state index is 11.8. The fraction of sp³-hybridized carbons (Fsp3) is 0.600. The maximum atomic E-state index is 11.8. The second kappa shape index (κ2) is 7.76. The van der Waals surface area contributed by atoms with Crippen molar-refractivity contribution in [2.24, 2.45) is 0 Å². The molecule has 112 valence electrons. The van der Waals surface area contributed by atoms with Crippen LogP contribution in [-0.4, -0.2) is 33.3 Å². The van der Waals surface area contributed by atoms with Crippen LogP contribution in [0.4, 0.5) is 0 Å². The Morgan fingerprint density at radius 1 is 1.05 bits per heavy atom. The van der Waals surface area contributed by atoms with Gasteiger partial charge in [-0.05, 0) is 44.2 Å². The fourth-order valence-electron chi connectivity index (χ4n) is 2.08. The van der Waals surface area contributed by atoms with Crippen LogP contribution in [0.15, 0.2) is 30.3 Å². The molecule has 0 atom stereocenters. The first kappa shape index (κ1) is 15.5. The van der Waals surface area contributed by atoms with E-state index in [0.717, 1.165) is 31.4 Å². The summed E-state index contributed by atoms with van der Waals surface area (Å²) in [4.78, 5) is 0. The highest BCUT2D eigenvalue weighted by Gasteiger charge is 2.19. The van der Waals surface area contributed by atoms with E-state index in [-0.39, 0.29) is 5.75 Å². The lowest BCUT2D eigenvalue weighted by molar-refractivity contribution is 0.573. The van der Waals surface area contributed by atoms with Crippen LogP contribution in [0.5, 0.6) is 0 Å². The molecule has 0 unspecified atom stereocenters. The predicted octanol–water partition coefficient (Wildman–Crippen LogP) is 1.68. The van der Waals surface area contributed by atoms with Crippen molar-refractivity contribution < 1.29 is 8.42 Å². The third-order valence-corrected chi connectivity index (χ3v) is 4.90. The van der Waals surface area contributed by atoms with Crippen LogP contribution < -0.4 is 10.0 Å². The van der Waals surface area contributed by atoms with E-state index in [4.69, 9.17) is 0 Å². The van der Waals surface area contributed by atoms with Crippen LogP contribution in [-0.2, 0) is 16.4 Å². The van der Waals surface area contributed by atoms with Gasteiger partial charge in [-0.3, -0.25) is 0 Å². The van der Waals surface area contributed by atoms with Gasteiger partial charge in [0.05, 0.1) is 5.75 Å². The Kier molecular flexibility index (Phi) is 6.01. The van der Waals surface area contributed by atoms with E-state index < -0.39 is 10.0 Å². The van der Waals surface area contributed by atoms with E-state index in [1.165, 1.54) is 12.8 Å². The summed E-state index contributed by atoms with van der Waals surface area (Å²) in [5.41, 5.74) is 1.16. The molecule has 0 bridgehead atoms. The minimum Gasteiger partial charge on any atom is -0.314 e. The summed E-state index contributed by atoms with van der Waals surface area (Å²) in [6.07, 6.45) is 4.94. The molecule has 1 aromatic carbocycles. The molecular formula is C15H24N2O2S. The number of benzene rings is 1. The van der Waals surface area contributed by atoms with Crippen LogP contribution in [0.1, 0.15) is 31.2 Å². The van der Waals surface area contributed by atoms with Crippen LogP contribution in [0.2, 0.25) is 0 Å². The standard InChI is InChI=1S/C15H24N2O2S/c18-20(19,13-5-4-11-16-15-8-9-15)17-12-10-14-6-2-1-3-7-14/h1-3,6-7,15-17H,4-5,8-13H2. The monoisotopic (exact) mass is 296 g/mol. The molecule has 5 heteroatoms. The van der Waals surface area contributed by atoms with E-state index >= 15 is 0 Å². The normalized spacial score (nSPS) is 15.4. The van der Waals surface area contributed by atoms with E-state index in [2.05, 4.69) is 10.0 Å². The molecular weight excluding hydrogens is 272 g/mol. The largest absolute Gasteiger partial charge is 0.314 e. The highest BCUT2D eigenvalue weighted by Crippen LogP contribution is 2.18. The highest BCUT2D eigenvalue weighted by atomic mass is 32.2. The van der Waals surface area contributed by atoms with Gasteiger partial charge in [0.1, 0.15) is 0 Å². The van der Waals surface area contributed by atoms with Crippen molar-refractivity contribution in [3.05, 3.63) is 35.9 Å². The third kappa shape index (κ3) is 6.50. The summed E-state index contributed by atoms with van der Waals surface area (Å²) >= 11 is 0. The van der Waals surface area contributed by atoms with E-state index in [1.54, 1.807) is 0 Å². The molecule has 1 aliphatic rings. The molecule has 0 aromatic heterocycles. The Morgan fingerprint density at radius 2 is 1.80 bits per heavy atom. The third-order valence-electron chi connectivity index (χ3n) is 3.43. The quantitative estimate of drug-likeness (QED) is 0.646. The van der Waals surface area contributed by atoms with Crippen LogP contribution in [0.25, 0.3) is 0 Å². The Hall–Kier alpha value is -0.910. The topological polar surface area (TPSA) is 58.2 Å². The molecule has 1 saturated carbocycles. The molecule has 1 fully saturated rings. The Bertz CT molecular complexity index is 484. The van der Waals surface area contributed by atoms with Crippen molar-refractivity contribution in [3.8, 4) is 0 Å². The highest BCUT2D eigenvalue weighted by molar-refractivity contribution is 7.89. The zero-order valence-corrected chi connectivity index (χ0v) is 12.7. The molecule has 0 amide bonds. The molecule has 0 heterocycles. The Morgan fingerprint density at radius 3 is 2.50 bits per heavy atom. The Balaban J connectivity index is 1.55. The number of hydrogen-bond donors (Lipinski definition) is 2. The predicted molar refractivity (Wildman–Crippen MR) is 82.2 cm³/mol. The number of nitrogens with one attached hydrogen (secondary N) is 2. The lowest BCUT2D eigenvalue weighted by Gasteiger charge is -2.07. The summed E-state index contributed by atoms with van der Waals surface area (Å²) in [6.45, 7) is 1.41. The molecule has 0 radical (unpaired) electrons. The van der Waals surface area contributed by atoms with Gasteiger partial charge in [-0.2, -0.15) is 0 Å². The first-order valence-corrected chi connectivity index (χ1v) is 9.05. The zero-order valence-electron chi connectivity index (χ0n) is 11.8. The molecule has 4 nitrogen and oxygen atoms in total. The van der Waals surface area contributed by atoms with Crippen molar-refractivity contribution in [2.45, 2.75) is 38.1 Å². The second-order valence-corrected chi connectivity index (χ2v) is 7.31. The van der Waals surface area contributed by atoms with Gasteiger partial charge in [-0.15, -0.1) is 0 Å². The van der Waals surface area contributed by atoms with Crippen LogP contribution in [0, 0.1) is 0 Å². The number of unbranched alkanes of at least 4 members (excludes halogenated alkanes) is 1. The van der Waals surface area contributed by atoms with Gasteiger partial charge in [0.15, 0.2) is 0 Å². The number of sulfonamides is 1. The smallest absolute Gasteiger partial charge is 0.211 e. The van der Waals surface area contributed by atoms with Gasteiger partial charge in [0.2, 0.25) is 10.0 Å². The minimum absolute atomic E-state index is 0.230. The average molecular weight is 296 g/mol. The van der Waals surface area contributed by atoms with Crippen molar-refractivity contribution in [1.29, 1.82) is 0 Å². The second-order valence-electron chi connectivity index (χ2n) is 5.38. The SMILES string of the molecule is O=S(=O)(CCCCNC1CC1)NCCc1ccccc1. The molecule has 0 saturated heterocycles. The Labute approximate surface area is 122 Å².